The van der Waals surface area contributed by atoms with Crippen molar-refractivity contribution in [3.63, 3.8) is 0 Å². The minimum atomic E-state index is -0.0966. The van der Waals surface area contributed by atoms with Gasteiger partial charge in [-0.05, 0) is 40.0 Å². The summed E-state index contributed by atoms with van der Waals surface area (Å²) in [4.78, 5) is 31.0. The van der Waals surface area contributed by atoms with E-state index in [1.807, 2.05) is 31.7 Å². The van der Waals surface area contributed by atoms with E-state index < -0.39 is 0 Å². The summed E-state index contributed by atoms with van der Waals surface area (Å²) in [5, 5.41) is 7.13. The maximum absolute atomic E-state index is 12.6. The molecule has 0 bridgehead atoms. The minimum Gasteiger partial charge on any atom is -0.361 e. The molecule has 148 valence electrons. The number of aryl methyl sites for hydroxylation is 3. The molecule has 1 aliphatic heterocycles. The van der Waals surface area contributed by atoms with E-state index in [4.69, 9.17) is 4.52 Å². The van der Waals surface area contributed by atoms with Crippen LogP contribution in [-0.2, 0) is 11.2 Å². The lowest BCUT2D eigenvalue weighted by Gasteiger charge is -2.31. The van der Waals surface area contributed by atoms with Crippen molar-refractivity contribution in [3.05, 3.63) is 50.9 Å². The Morgan fingerprint density at radius 3 is 2.68 bits per heavy atom. The van der Waals surface area contributed by atoms with Gasteiger partial charge in [0.25, 0.3) is 5.56 Å². The molecular weight excluding hydrogens is 358 g/mol. The number of hydrogen-bond acceptors (Lipinski definition) is 5. The first-order chi connectivity index (χ1) is 13.4. The summed E-state index contributed by atoms with van der Waals surface area (Å²) in [5.74, 6) is 1.26. The number of rotatable bonds is 4. The average Bonchev–Trinajstić information content (AvgIpc) is 3.24. The number of piperidine rings is 1. The molecule has 0 saturated carbocycles. The highest BCUT2D eigenvalue weighted by Gasteiger charge is 2.25. The lowest BCUT2D eigenvalue weighted by atomic mass is 9.93. The quantitative estimate of drug-likeness (QED) is 0.745. The Hall–Kier alpha value is -2.90. The molecular formula is C20H25N5O3. The van der Waals surface area contributed by atoms with Crippen molar-refractivity contribution in [2.24, 2.45) is 0 Å². The first-order valence-electron chi connectivity index (χ1n) is 9.71. The van der Waals surface area contributed by atoms with E-state index in [2.05, 4.69) is 15.2 Å². The Bertz CT molecular complexity index is 1050. The largest absolute Gasteiger partial charge is 0.361 e. The summed E-state index contributed by atoms with van der Waals surface area (Å²) in [5.41, 5.74) is 4.18. The van der Waals surface area contributed by atoms with Crippen molar-refractivity contribution < 1.29 is 9.32 Å². The van der Waals surface area contributed by atoms with Gasteiger partial charge < -0.3 is 9.42 Å². The van der Waals surface area contributed by atoms with Gasteiger partial charge in [0, 0.05) is 54.5 Å². The number of likely N-dealkylation sites (tertiary alicyclic amines) is 1. The molecule has 0 spiro atoms. The highest BCUT2D eigenvalue weighted by Crippen LogP contribution is 2.28. The van der Waals surface area contributed by atoms with Gasteiger partial charge >= 0.3 is 0 Å². The number of nitrogens with zero attached hydrogens (tertiary/aromatic N) is 4. The highest BCUT2D eigenvalue weighted by molar-refractivity contribution is 5.76. The molecule has 8 nitrogen and oxygen atoms in total. The van der Waals surface area contributed by atoms with Gasteiger partial charge in [-0.1, -0.05) is 5.16 Å². The number of aromatic amines is 1. The van der Waals surface area contributed by atoms with E-state index in [0.717, 1.165) is 48.6 Å². The lowest BCUT2D eigenvalue weighted by Crippen LogP contribution is -2.38. The Morgan fingerprint density at radius 1 is 1.25 bits per heavy atom. The van der Waals surface area contributed by atoms with Gasteiger partial charge in [0.2, 0.25) is 5.91 Å². The van der Waals surface area contributed by atoms with Crippen molar-refractivity contribution >= 4 is 11.6 Å². The molecule has 1 N–H and O–H groups in total. The van der Waals surface area contributed by atoms with Gasteiger partial charge in [0.15, 0.2) is 5.65 Å². The van der Waals surface area contributed by atoms with Crippen molar-refractivity contribution in [2.75, 3.05) is 13.1 Å². The van der Waals surface area contributed by atoms with Crippen LogP contribution in [0.5, 0.6) is 0 Å². The Kier molecular flexibility index (Phi) is 4.78. The molecule has 0 aromatic carbocycles. The molecule has 8 heteroatoms. The topological polar surface area (TPSA) is 96.5 Å². The number of nitrogens with one attached hydrogen (secondary N) is 1. The molecule has 3 aromatic rings. The molecule has 0 radical (unpaired) electrons. The van der Waals surface area contributed by atoms with Crippen LogP contribution < -0.4 is 5.56 Å². The summed E-state index contributed by atoms with van der Waals surface area (Å²) in [6.07, 6.45) is 2.88. The number of hydrogen-bond donors (Lipinski definition) is 1. The molecule has 1 aliphatic rings. The third-order valence-electron chi connectivity index (χ3n) is 5.66. The van der Waals surface area contributed by atoms with Gasteiger partial charge in [0.1, 0.15) is 5.76 Å². The predicted octanol–water partition coefficient (Wildman–Crippen LogP) is 2.27. The molecule has 1 fully saturated rings. The first-order valence-corrected chi connectivity index (χ1v) is 9.71. The molecule has 0 unspecified atom stereocenters. The fourth-order valence-corrected chi connectivity index (χ4v) is 4.03. The summed E-state index contributed by atoms with van der Waals surface area (Å²) in [6, 6.07) is 3.47. The molecule has 0 atom stereocenters. The smallest absolute Gasteiger partial charge is 0.272 e. The summed E-state index contributed by atoms with van der Waals surface area (Å²) >= 11 is 0. The molecule has 28 heavy (non-hydrogen) atoms. The average molecular weight is 383 g/mol. The van der Waals surface area contributed by atoms with Crippen LogP contribution >= 0.6 is 0 Å². The number of amides is 1. The molecule has 1 saturated heterocycles. The monoisotopic (exact) mass is 383 g/mol. The maximum Gasteiger partial charge on any atom is 0.272 e. The van der Waals surface area contributed by atoms with Gasteiger partial charge in [-0.2, -0.15) is 0 Å². The van der Waals surface area contributed by atoms with Gasteiger partial charge in [-0.15, -0.1) is 0 Å². The first kappa shape index (κ1) is 18.5. The van der Waals surface area contributed by atoms with Crippen LogP contribution in [0.1, 0.15) is 53.6 Å². The third kappa shape index (κ3) is 3.46. The van der Waals surface area contributed by atoms with E-state index in [1.165, 1.54) is 10.6 Å². The molecule has 1 amide bonds. The predicted molar refractivity (Wildman–Crippen MR) is 103 cm³/mol. The SMILES string of the molecule is Cc1cc(=O)n2[nH]c(C3CCN(C(=O)CCc4c(C)noc4C)CC3)cc2n1. The van der Waals surface area contributed by atoms with Crippen LogP contribution in [0.4, 0.5) is 0 Å². The maximum atomic E-state index is 12.6. The zero-order valence-corrected chi connectivity index (χ0v) is 16.5. The normalized spacial score (nSPS) is 15.5. The summed E-state index contributed by atoms with van der Waals surface area (Å²) < 4.78 is 6.66. The van der Waals surface area contributed by atoms with Crippen LogP contribution in [-0.4, -0.2) is 43.7 Å². The van der Waals surface area contributed by atoms with E-state index >= 15 is 0 Å². The third-order valence-corrected chi connectivity index (χ3v) is 5.66. The van der Waals surface area contributed by atoms with Crippen LogP contribution in [0.15, 0.2) is 21.5 Å². The molecule has 3 aromatic heterocycles. The lowest BCUT2D eigenvalue weighted by molar-refractivity contribution is -0.132. The highest BCUT2D eigenvalue weighted by atomic mass is 16.5. The van der Waals surface area contributed by atoms with Crippen LogP contribution in [0.3, 0.4) is 0 Å². The fourth-order valence-electron chi connectivity index (χ4n) is 4.03. The number of carbonyl (C=O) groups excluding carboxylic acids is 1. The standard InChI is InChI=1S/C20H25N5O3/c1-12-10-20(27)25-18(21-12)11-17(22-25)15-6-8-24(9-7-15)19(26)5-4-16-13(2)23-28-14(16)3/h10-11,15,22H,4-9H2,1-3H3. The minimum absolute atomic E-state index is 0.0966. The van der Waals surface area contributed by atoms with Crippen LogP contribution in [0.25, 0.3) is 5.65 Å². The second kappa shape index (κ2) is 7.26. The number of carbonyl (C=O) groups is 1. The van der Waals surface area contributed by atoms with E-state index in [0.29, 0.717) is 30.1 Å². The zero-order chi connectivity index (χ0) is 19.8. The molecule has 0 aliphatic carbocycles. The molecule has 4 heterocycles. The van der Waals surface area contributed by atoms with Crippen LogP contribution in [0, 0.1) is 20.8 Å². The second-order valence-electron chi connectivity index (χ2n) is 7.60. The number of fused-ring (bicyclic) bond motifs is 1. The van der Waals surface area contributed by atoms with Crippen molar-refractivity contribution in [1.29, 1.82) is 0 Å². The fraction of sp³-hybridized carbons (Fsp3) is 0.500. The number of H-pyrrole nitrogens is 1. The van der Waals surface area contributed by atoms with Gasteiger partial charge in [0.05, 0.1) is 5.69 Å². The van der Waals surface area contributed by atoms with Crippen molar-refractivity contribution in [3.8, 4) is 0 Å². The second-order valence-corrected chi connectivity index (χ2v) is 7.60. The Labute approximate surface area is 162 Å². The van der Waals surface area contributed by atoms with Gasteiger partial charge in [-0.25, -0.2) is 9.50 Å². The van der Waals surface area contributed by atoms with E-state index in [-0.39, 0.29) is 11.5 Å². The zero-order valence-electron chi connectivity index (χ0n) is 16.5. The van der Waals surface area contributed by atoms with Crippen molar-refractivity contribution in [2.45, 2.75) is 52.4 Å². The Morgan fingerprint density at radius 2 is 2.00 bits per heavy atom. The molecule has 4 rings (SSSR count). The van der Waals surface area contributed by atoms with E-state index in [9.17, 15) is 9.59 Å². The van der Waals surface area contributed by atoms with E-state index in [1.54, 1.807) is 0 Å². The summed E-state index contributed by atoms with van der Waals surface area (Å²) in [7, 11) is 0. The number of aromatic nitrogens is 4. The van der Waals surface area contributed by atoms with Gasteiger partial charge in [-0.3, -0.25) is 14.7 Å². The van der Waals surface area contributed by atoms with Crippen molar-refractivity contribution in [1.82, 2.24) is 24.7 Å². The summed E-state index contributed by atoms with van der Waals surface area (Å²) in [6.45, 7) is 7.06. The Balaban J connectivity index is 1.37. The van der Waals surface area contributed by atoms with Crippen LogP contribution in [0.2, 0.25) is 0 Å².